The van der Waals surface area contributed by atoms with E-state index in [0.29, 0.717) is 6.42 Å². The summed E-state index contributed by atoms with van der Waals surface area (Å²) in [5.74, 6) is 0.0493. The minimum Gasteiger partial charge on any atom is -0.299 e. The fourth-order valence-electron chi connectivity index (χ4n) is 1.52. The summed E-state index contributed by atoms with van der Waals surface area (Å²) in [6.07, 6.45) is 2.31. The van der Waals surface area contributed by atoms with Crippen molar-refractivity contribution in [1.82, 2.24) is 0 Å². The van der Waals surface area contributed by atoms with Crippen LogP contribution in [-0.2, 0) is 9.59 Å². The molecule has 0 bridgehead atoms. The molecule has 1 rings (SSSR count). The first-order valence-electron chi connectivity index (χ1n) is 4.19. The van der Waals surface area contributed by atoms with E-state index in [1.807, 2.05) is 13.8 Å². The SMILES string of the molecule is CC(C)C(=O)C1CCCC1=O. The van der Waals surface area contributed by atoms with Crippen molar-refractivity contribution < 1.29 is 9.59 Å². The molecule has 0 radical (unpaired) electrons. The molecule has 0 N–H and O–H groups in total. The van der Waals surface area contributed by atoms with Crippen LogP contribution in [0.3, 0.4) is 0 Å². The van der Waals surface area contributed by atoms with Crippen LogP contribution in [0, 0.1) is 11.8 Å². The number of hydrogen-bond donors (Lipinski definition) is 0. The minimum atomic E-state index is -0.255. The van der Waals surface area contributed by atoms with E-state index < -0.39 is 0 Å². The van der Waals surface area contributed by atoms with Gasteiger partial charge in [0.1, 0.15) is 11.6 Å². The Labute approximate surface area is 67.0 Å². The molecule has 0 aromatic rings. The molecule has 0 aromatic heterocycles. The van der Waals surface area contributed by atoms with E-state index in [1.54, 1.807) is 0 Å². The molecule has 1 atom stereocenters. The summed E-state index contributed by atoms with van der Waals surface area (Å²) in [5.41, 5.74) is 0. The van der Waals surface area contributed by atoms with Crippen LogP contribution in [0.25, 0.3) is 0 Å². The Hall–Kier alpha value is -0.660. The van der Waals surface area contributed by atoms with E-state index in [4.69, 9.17) is 0 Å². The fourth-order valence-corrected chi connectivity index (χ4v) is 1.52. The molecule has 0 aromatic carbocycles. The summed E-state index contributed by atoms with van der Waals surface area (Å²) in [6.45, 7) is 3.71. The van der Waals surface area contributed by atoms with Gasteiger partial charge in [-0.15, -0.1) is 0 Å². The Balaban J connectivity index is 2.60. The summed E-state index contributed by atoms with van der Waals surface area (Å²) < 4.78 is 0. The maximum absolute atomic E-state index is 11.3. The van der Waals surface area contributed by atoms with Crippen molar-refractivity contribution in [2.75, 3.05) is 0 Å². The Morgan fingerprint density at radius 1 is 1.55 bits per heavy atom. The molecule has 1 aliphatic rings. The van der Waals surface area contributed by atoms with Crippen molar-refractivity contribution in [2.45, 2.75) is 33.1 Å². The molecule has 1 unspecified atom stereocenters. The predicted molar refractivity (Wildman–Crippen MR) is 42.2 cm³/mol. The first-order valence-corrected chi connectivity index (χ1v) is 4.19. The molecule has 0 amide bonds. The Morgan fingerprint density at radius 3 is 2.55 bits per heavy atom. The highest BCUT2D eigenvalue weighted by Gasteiger charge is 2.31. The second-order valence-corrected chi connectivity index (χ2v) is 3.47. The highest BCUT2D eigenvalue weighted by atomic mass is 16.2. The molecule has 2 nitrogen and oxygen atoms in total. The number of hydrogen-bond acceptors (Lipinski definition) is 2. The van der Waals surface area contributed by atoms with Gasteiger partial charge in [-0.25, -0.2) is 0 Å². The number of Topliss-reactive ketones (excluding diaryl/α,β-unsaturated/α-hetero) is 2. The molecule has 1 aliphatic carbocycles. The van der Waals surface area contributed by atoms with Crippen LogP contribution in [0.1, 0.15) is 33.1 Å². The van der Waals surface area contributed by atoms with Gasteiger partial charge in [0, 0.05) is 12.3 Å². The summed E-state index contributed by atoms with van der Waals surface area (Å²) in [7, 11) is 0. The molecule has 1 saturated carbocycles. The van der Waals surface area contributed by atoms with E-state index in [1.165, 1.54) is 0 Å². The molecule has 0 heterocycles. The van der Waals surface area contributed by atoms with Crippen molar-refractivity contribution in [3.63, 3.8) is 0 Å². The highest BCUT2D eigenvalue weighted by Crippen LogP contribution is 2.24. The maximum Gasteiger partial charge on any atom is 0.145 e. The molecule has 62 valence electrons. The Bertz CT molecular complexity index is 182. The molecule has 2 heteroatoms. The summed E-state index contributed by atoms with van der Waals surface area (Å²) in [4.78, 5) is 22.4. The van der Waals surface area contributed by atoms with Gasteiger partial charge in [-0.05, 0) is 12.8 Å². The maximum atomic E-state index is 11.3. The van der Waals surface area contributed by atoms with Crippen molar-refractivity contribution >= 4 is 11.6 Å². The topological polar surface area (TPSA) is 34.1 Å². The monoisotopic (exact) mass is 154 g/mol. The first kappa shape index (κ1) is 8.44. The average Bonchev–Trinajstić information content (AvgIpc) is 2.33. The van der Waals surface area contributed by atoms with Gasteiger partial charge in [0.2, 0.25) is 0 Å². The van der Waals surface area contributed by atoms with Crippen LogP contribution in [-0.4, -0.2) is 11.6 Å². The van der Waals surface area contributed by atoms with Crippen molar-refractivity contribution in [2.24, 2.45) is 11.8 Å². The fraction of sp³-hybridized carbons (Fsp3) is 0.778. The van der Waals surface area contributed by atoms with Gasteiger partial charge in [0.25, 0.3) is 0 Å². The third-order valence-electron chi connectivity index (χ3n) is 2.22. The van der Waals surface area contributed by atoms with Gasteiger partial charge in [-0.3, -0.25) is 9.59 Å². The number of ketones is 2. The van der Waals surface area contributed by atoms with E-state index in [0.717, 1.165) is 12.8 Å². The van der Waals surface area contributed by atoms with Crippen LogP contribution >= 0.6 is 0 Å². The van der Waals surface area contributed by atoms with E-state index in [2.05, 4.69) is 0 Å². The normalized spacial score (nSPS) is 24.6. The van der Waals surface area contributed by atoms with Gasteiger partial charge < -0.3 is 0 Å². The standard InChI is InChI=1S/C9H14O2/c1-6(2)9(11)7-4-3-5-8(7)10/h6-7H,3-5H2,1-2H3. The van der Waals surface area contributed by atoms with E-state index >= 15 is 0 Å². The van der Waals surface area contributed by atoms with Gasteiger partial charge in [-0.1, -0.05) is 13.8 Å². The number of carbonyl (C=O) groups is 2. The van der Waals surface area contributed by atoms with Crippen LogP contribution < -0.4 is 0 Å². The zero-order valence-electron chi connectivity index (χ0n) is 7.09. The van der Waals surface area contributed by atoms with Crippen LogP contribution in [0.4, 0.5) is 0 Å². The molecule has 0 aliphatic heterocycles. The van der Waals surface area contributed by atoms with Gasteiger partial charge in [-0.2, -0.15) is 0 Å². The van der Waals surface area contributed by atoms with Crippen molar-refractivity contribution in [3.05, 3.63) is 0 Å². The molecular weight excluding hydrogens is 140 g/mol. The van der Waals surface area contributed by atoms with Gasteiger partial charge in [0.15, 0.2) is 0 Å². The van der Waals surface area contributed by atoms with Crippen molar-refractivity contribution in [1.29, 1.82) is 0 Å². The van der Waals surface area contributed by atoms with E-state index in [9.17, 15) is 9.59 Å². The number of carbonyl (C=O) groups excluding carboxylic acids is 2. The molecule has 0 saturated heterocycles. The second kappa shape index (κ2) is 3.16. The summed E-state index contributed by atoms with van der Waals surface area (Å²) in [5, 5.41) is 0. The van der Waals surface area contributed by atoms with Gasteiger partial charge in [0.05, 0.1) is 5.92 Å². The van der Waals surface area contributed by atoms with Crippen LogP contribution in [0.5, 0.6) is 0 Å². The Morgan fingerprint density at radius 2 is 2.18 bits per heavy atom. The van der Waals surface area contributed by atoms with Crippen molar-refractivity contribution in [3.8, 4) is 0 Å². The zero-order chi connectivity index (χ0) is 8.43. The highest BCUT2D eigenvalue weighted by molar-refractivity contribution is 6.04. The first-order chi connectivity index (χ1) is 5.13. The lowest BCUT2D eigenvalue weighted by molar-refractivity contribution is -0.132. The number of rotatable bonds is 2. The third-order valence-corrected chi connectivity index (χ3v) is 2.22. The van der Waals surface area contributed by atoms with Crippen LogP contribution in [0.15, 0.2) is 0 Å². The Kier molecular flexibility index (Phi) is 2.42. The van der Waals surface area contributed by atoms with Gasteiger partial charge >= 0.3 is 0 Å². The lowest BCUT2D eigenvalue weighted by atomic mass is 9.93. The predicted octanol–water partition coefficient (Wildman–Crippen LogP) is 1.58. The molecule has 11 heavy (non-hydrogen) atoms. The molecule has 0 spiro atoms. The smallest absolute Gasteiger partial charge is 0.145 e. The third kappa shape index (κ3) is 1.67. The average molecular weight is 154 g/mol. The summed E-state index contributed by atoms with van der Waals surface area (Å²) >= 11 is 0. The largest absolute Gasteiger partial charge is 0.299 e. The molecule has 1 fully saturated rings. The molecular formula is C9H14O2. The quantitative estimate of drug-likeness (QED) is 0.566. The lowest BCUT2D eigenvalue weighted by Crippen LogP contribution is -2.22. The summed E-state index contributed by atoms with van der Waals surface area (Å²) in [6, 6.07) is 0. The van der Waals surface area contributed by atoms with Crippen LogP contribution in [0.2, 0.25) is 0 Å². The lowest BCUT2D eigenvalue weighted by Gasteiger charge is -2.08. The second-order valence-electron chi connectivity index (χ2n) is 3.47. The van der Waals surface area contributed by atoms with E-state index in [-0.39, 0.29) is 23.4 Å². The minimum absolute atomic E-state index is 0.0158. The zero-order valence-corrected chi connectivity index (χ0v) is 7.09.